The van der Waals surface area contributed by atoms with Gasteiger partial charge in [0.2, 0.25) is 0 Å². The molecule has 0 bridgehead atoms. The van der Waals surface area contributed by atoms with Crippen LogP contribution in [0.25, 0.3) is 0 Å². The third kappa shape index (κ3) is 2.64. The van der Waals surface area contributed by atoms with Gasteiger partial charge in [-0.15, -0.1) is 0 Å². The molecule has 0 aromatic rings. The van der Waals surface area contributed by atoms with Crippen molar-refractivity contribution in [1.29, 1.82) is 0 Å². The Morgan fingerprint density at radius 3 is 1.24 bits per heavy atom. The largest absolute Gasteiger partial charge is 0.396 e. The van der Waals surface area contributed by atoms with E-state index in [0.29, 0.717) is 0 Å². The van der Waals surface area contributed by atoms with Gasteiger partial charge in [0.05, 0.1) is 7.11 Å². The molecule has 0 aromatic carbocycles. The highest BCUT2D eigenvalue weighted by Crippen LogP contribution is 2.58. The Labute approximate surface area is 161 Å². The Morgan fingerprint density at radius 2 is 1.00 bits per heavy atom. The monoisotopic (exact) mass is 418 g/mol. The highest BCUT2D eigenvalue weighted by atomic mass is 29.8. The zero-order valence-corrected chi connectivity index (χ0v) is 22.7. The van der Waals surface area contributed by atoms with E-state index in [4.69, 9.17) is 4.43 Å². The van der Waals surface area contributed by atoms with Crippen LogP contribution in [-0.4, -0.2) is 40.2 Å². The van der Waals surface area contributed by atoms with Crippen molar-refractivity contribution in [2.45, 2.75) is 122 Å². The Bertz CT molecular complexity index is 427. The van der Waals surface area contributed by atoms with Crippen LogP contribution < -0.4 is 0 Å². The minimum absolute atomic E-state index is 0.742. The van der Waals surface area contributed by atoms with Gasteiger partial charge in [0.25, 0.3) is 0 Å². The minimum atomic E-state index is -1.89. The van der Waals surface area contributed by atoms with Gasteiger partial charge in [0.15, 0.2) is 7.83 Å². The topological polar surface area (TPSA) is 29.5 Å². The molecule has 0 aromatic heterocycles. The van der Waals surface area contributed by atoms with Crippen LogP contribution in [-0.2, 0) is 4.43 Å². The zero-order valence-electron chi connectivity index (χ0n) is 18.7. The third-order valence-electron chi connectivity index (χ3n) is 9.06. The summed E-state index contributed by atoms with van der Waals surface area (Å²) >= 11 is 0. The van der Waals surface area contributed by atoms with Crippen LogP contribution in [0.15, 0.2) is 0 Å². The molecule has 25 heavy (non-hydrogen) atoms. The van der Waals surface area contributed by atoms with Crippen molar-refractivity contribution < 1.29 is 9.53 Å². The highest BCUT2D eigenvalue weighted by Gasteiger charge is 2.78. The van der Waals surface area contributed by atoms with Crippen LogP contribution in [0.5, 0.6) is 0 Å². The molecule has 1 aliphatic rings. The lowest BCUT2D eigenvalue weighted by Crippen LogP contribution is -2.95. The summed E-state index contributed by atoms with van der Waals surface area (Å²) < 4.78 is 7.22. The van der Waals surface area contributed by atoms with Crippen LogP contribution >= 0.6 is 0 Å². The molecule has 1 fully saturated rings. The summed E-state index contributed by atoms with van der Waals surface area (Å²) in [5.74, 6) is 0. The van der Waals surface area contributed by atoms with Gasteiger partial charge in [-0.1, -0.05) is 98.6 Å². The molecule has 0 radical (unpaired) electrons. The van der Waals surface area contributed by atoms with Crippen molar-refractivity contribution in [2.75, 3.05) is 0 Å². The van der Waals surface area contributed by atoms with E-state index < -0.39 is 35.1 Å². The van der Waals surface area contributed by atoms with E-state index in [0.717, 1.165) is 6.42 Å². The molecule has 1 rings (SSSR count). The fraction of sp³-hybridized carbons (Fsp3) is 1.00. The van der Waals surface area contributed by atoms with Crippen LogP contribution in [0.4, 0.5) is 0 Å². The quantitative estimate of drug-likeness (QED) is 0.442. The van der Waals surface area contributed by atoms with E-state index in [9.17, 15) is 5.11 Å². The molecule has 6 heteroatoms. The molecule has 150 valence electrons. The maximum absolute atomic E-state index is 12.1. The summed E-state index contributed by atoms with van der Waals surface area (Å²) in [6.45, 7) is 21.9. The lowest BCUT2D eigenvalue weighted by Gasteiger charge is -2.71. The van der Waals surface area contributed by atoms with Crippen LogP contribution in [0.2, 0.25) is 48.4 Å². The van der Waals surface area contributed by atoms with Gasteiger partial charge in [-0.25, -0.2) is 0 Å². The average Bonchev–Trinajstić information content (AvgIpc) is 2.66. The maximum Gasteiger partial charge on any atom is 0.180 e. The first-order chi connectivity index (χ1) is 11.8. The van der Waals surface area contributed by atoms with Gasteiger partial charge in [-0.3, -0.25) is 0 Å². The summed E-state index contributed by atoms with van der Waals surface area (Å²) in [5.41, 5.74) is -0.742. The molecule has 0 spiro atoms. The first-order valence-electron chi connectivity index (χ1n) is 11.2. The van der Waals surface area contributed by atoms with Crippen molar-refractivity contribution >= 4 is 29.6 Å². The number of hydrogen-bond acceptors (Lipinski definition) is 2. The highest BCUT2D eigenvalue weighted by molar-refractivity contribution is 7.85. The molecule has 2 nitrogen and oxygen atoms in total. The second-order valence-electron chi connectivity index (χ2n) is 8.31. The lowest BCUT2D eigenvalue weighted by molar-refractivity contribution is -0.0813. The molecule has 1 N–H and O–H groups in total. The van der Waals surface area contributed by atoms with Crippen molar-refractivity contribution in [2.24, 2.45) is 0 Å². The first-order valence-corrected chi connectivity index (χ1v) is 23.7. The second kappa shape index (κ2) is 8.43. The first kappa shape index (κ1) is 23.8. The van der Waals surface area contributed by atoms with E-state index in [1.54, 1.807) is 0 Å². The molecule has 1 aliphatic heterocycles. The molecule has 0 aliphatic carbocycles. The van der Waals surface area contributed by atoms with Crippen molar-refractivity contribution in [3.63, 3.8) is 0 Å². The minimum Gasteiger partial charge on any atom is -0.396 e. The van der Waals surface area contributed by atoms with Gasteiger partial charge < -0.3 is 9.53 Å². The maximum atomic E-state index is 12.1. The van der Waals surface area contributed by atoms with Crippen molar-refractivity contribution in [1.82, 2.24) is 0 Å². The molecular weight excluding hydrogens is 373 g/mol. The van der Waals surface area contributed by atoms with Gasteiger partial charge in [0, 0.05) is 7.11 Å². The van der Waals surface area contributed by atoms with E-state index in [1.807, 2.05) is 0 Å². The summed E-state index contributed by atoms with van der Waals surface area (Å²) in [5, 5.41) is 12.1. The van der Waals surface area contributed by atoms with E-state index >= 15 is 0 Å². The van der Waals surface area contributed by atoms with Gasteiger partial charge >= 0.3 is 0 Å². The van der Waals surface area contributed by atoms with Crippen LogP contribution in [0, 0.1) is 0 Å². The van der Waals surface area contributed by atoms with Crippen molar-refractivity contribution in [3.8, 4) is 0 Å². The zero-order chi connectivity index (χ0) is 19.6. The summed E-state index contributed by atoms with van der Waals surface area (Å²) in [4.78, 5) is 0. The van der Waals surface area contributed by atoms with Gasteiger partial charge in [-0.2, -0.15) is 0 Å². The van der Waals surface area contributed by atoms with Crippen molar-refractivity contribution in [3.05, 3.63) is 0 Å². The second-order valence-corrected chi connectivity index (χ2v) is 43.5. The molecule has 1 unspecified atom stereocenters. The average molecular weight is 419 g/mol. The number of hydrogen-bond donors (Lipinski definition) is 1. The molecule has 1 heterocycles. The normalized spacial score (nSPS) is 29.5. The summed E-state index contributed by atoms with van der Waals surface area (Å²) in [7, 11) is -6.85. The Balaban J connectivity index is 4.02. The predicted molar refractivity (Wildman–Crippen MR) is 123 cm³/mol. The molecular formula is C19H46O2Si4. The number of rotatable bonds is 9. The Kier molecular flexibility index (Phi) is 8.04. The molecule has 1 saturated heterocycles. The van der Waals surface area contributed by atoms with Crippen LogP contribution in [0.1, 0.15) is 68.7 Å². The Morgan fingerprint density at radius 1 is 0.600 bits per heavy atom. The van der Waals surface area contributed by atoms with Gasteiger partial charge in [0.1, 0.15) is 13.0 Å². The van der Waals surface area contributed by atoms with E-state index in [-0.39, 0.29) is 0 Å². The third-order valence-corrected chi connectivity index (χ3v) is 76.6. The molecule has 1 atom stereocenters. The smallest absolute Gasteiger partial charge is 0.180 e. The SMILES string of the molecule is CCC1(O)O[Si](CC)(CC)[Si](CC)(CC)[Si](CC)(CC)[Si]1(CC)CC. The number of aliphatic hydroxyl groups is 1. The van der Waals surface area contributed by atoms with E-state index in [1.165, 1.54) is 48.4 Å². The summed E-state index contributed by atoms with van der Waals surface area (Å²) in [6, 6.07) is 10.6. The fourth-order valence-corrected chi connectivity index (χ4v) is 103. The molecule has 0 saturated carbocycles. The summed E-state index contributed by atoms with van der Waals surface area (Å²) in [6.07, 6.45) is 0.822. The van der Waals surface area contributed by atoms with E-state index in [2.05, 4.69) is 62.3 Å². The molecule has 0 amide bonds. The Hall–Kier alpha value is 0.788. The van der Waals surface area contributed by atoms with Crippen LogP contribution in [0.3, 0.4) is 0 Å². The van der Waals surface area contributed by atoms with Gasteiger partial charge in [-0.05, 0) is 18.5 Å². The standard InChI is InChI=1S/C19H46O2Si4/c1-10-19(20)21-23(13-4,14-5)25(17-8,18-9)24(15-6,16-7)22(19,11-2)12-3/h20H,10-18H2,1-9H3. The fourth-order valence-electron chi connectivity index (χ4n) is 7.92. The lowest BCUT2D eigenvalue weighted by atomic mass is 10.5. The predicted octanol–water partition coefficient (Wildman–Crippen LogP) is 6.34.